The Morgan fingerprint density at radius 3 is 2.44 bits per heavy atom. The van der Waals surface area contributed by atoms with Crippen molar-refractivity contribution in [1.29, 1.82) is 0 Å². The minimum absolute atomic E-state index is 0.181. The molecule has 0 aromatic carbocycles. The minimum Gasteiger partial charge on any atom is -0.389 e. The van der Waals surface area contributed by atoms with Gasteiger partial charge >= 0.3 is 0 Å². The van der Waals surface area contributed by atoms with E-state index < -0.39 is 5.60 Å². The number of hydrogen-bond acceptors (Lipinski definition) is 3. The van der Waals surface area contributed by atoms with Gasteiger partial charge in [-0.2, -0.15) is 0 Å². The average molecular weight is 228 g/mol. The molecule has 1 fully saturated rings. The first-order valence-corrected chi connectivity index (χ1v) is 6.49. The van der Waals surface area contributed by atoms with E-state index in [1.165, 1.54) is 0 Å². The van der Waals surface area contributed by atoms with Crippen molar-refractivity contribution in [3.8, 4) is 0 Å². The summed E-state index contributed by atoms with van der Waals surface area (Å²) in [6, 6.07) is 0.573. The van der Waals surface area contributed by atoms with Gasteiger partial charge < -0.3 is 15.7 Å². The van der Waals surface area contributed by atoms with Gasteiger partial charge in [-0.05, 0) is 39.7 Å². The van der Waals surface area contributed by atoms with Crippen LogP contribution < -0.4 is 5.73 Å². The van der Waals surface area contributed by atoms with Crippen LogP contribution in [-0.4, -0.2) is 41.3 Å². The van der Waals surface area contributed by atoms with Crippen LogP contribution in [0.4, 0.5) is 0 Å². The highest BCUT2D eigenvalue weighted by Gasteiger charge is 2.43. The number of likely N-dealkylation sites (tertiary alicyclic amines) is 1. The van der Waals surface area contributed by atoms with Gasteiger partial charge in [-0.25, -0.2) is 0 Å². The molecule has 1 saturated heterocycles. The molecule has 0 aromatic rings. The van der Waals surface area contributed by atoms with Crippen molar-refractivity contribution in [3.63, 3.8) is 0 Å². The van der Waals surface area contributed by atoms with Crippen LogP contribution in [0.5, 0.6) is 0 Å². The molecule has 3 nitrogen and oxygen atoms in total. The highest BCUT2D eigenvalue weighted by Crippen LogP contribution is 2.38. The van der Waals surface area contributed by atoms with Crippen LogP contribution in [0.3, 0.4) is 0 Å². The second-order valence-electron chi connectivity index (χ2n) is 6.10. The van der Waals surface area contributed by atoms with Gasteiger partial charge in [0.25, 0.3) is 0 Å². The first kappa shape index (κ1) is 13.9. The van der Waals surface area contributed by atoms with Gasteiger partial charge in [-0.3, -0.25) is 0 Å². The molecule has 0 spiro atoms. The van der Waals surface area contributed by atoms with Crippen molar-refractivity contribution in [2.75, 3.05) is 19.6 Å². The Bertz CT molecular complexity index is 228. The molecule has 1 aliphatic rings. The topological polar surface area (TPSA) is 49.5 Å². The fraction of sp³-hybridized carbons (Fsp3) is 1.00. The quantitative estimate of drug-likeness (QED) is 0.771. The lowest BCUT2D eigenvalue weighted by Crippen LogP contribution is -2.49. The predicted molar refractivity (Wildman–Crippen MR) is 68.3 cm³/mol. The monoisotopic (exact) mass is 228 g/mol. The van der Waals surface area contributed by atoms with Crippen molar-refractivity contribution >= 4 is 0 Å². The maximum atomic E-state index is 10.8. The third kappa shape index (κ3) is 2.76. The second-order valence-corrected chi connectivity index (χ2v) is 6.10. The summed E-state index contributed by atoms with van der Waals surface area (Å²) in [6.07, 6.45) is 2.79. The first-order chi connectivity index (χ1) is 7.32. The molecule has 1 heterocycles. The fourth-order valence-electron chi connectivity index (χ4n) is 2.52. The lowest BCUT2D eigenvalue weighted by Gasteiger charge is -2.42. The van der Waals surface area contributed by atoms with Gasteiger partial charge in [0.15, 0.2) is 0 Å². The zero-order valence-corrected chi connectivity index (χ0v) is 11.3. The normalized spacial score (nSPS) is 29.4. The third-order valence-electron chi connectivity index (χ3n) is 4.35. The Balaban J connectivity index is 2.71. The average Bonchev–Trinajstić information content (AvgIpc) is 2.41. The number of hydrogen-bond donors (Lipinski definition) is 2. The van der Waals surface area contributed by atoms with E-state index in [0.29, 0.717) is 12.6 Å². The Kier molecular flexibility index (Phi) is 4.38. The van der Waals surface area contributed by atoms with Crippen LogP contribution in [0.1, 0.15) is 47.0 Å². The van der Waals surface area contributed by atoms with Gasteiger partial charge in [0.05, 0.1) is 5.60 Å². The van der Waals surface area contributed by atoms with Gasteiger partial charge in [-0.1, -0.05) is 13.8 Å². The maximum Gasteiger partial charge on any atom is 0.0723 e. The van der Waals surface area contributed by atoms with E-state index in [2.05, 4.69) is 32.6 Å². The highest BCUT2D eigenvalue weighted by molar-refractivity contribution is 4.96. The minimum atomic E-state index is -0.592. The van der Waals surface area contributed by atoms with E-state index >= 15 is 0 Å². The molecule has 16 heavy (non-hydrogen) atoms. The van der Waals surface area contributed by atoms with E-state index in [9.17, 15) is 5.11 Å². The molecule has 0 bridgehead atoms. The number of nitrogens with two attached hydrogens (primary N) is 1. The third-order valence-corrected chi connectivity index (χ3v) is 4.35. The SMILES string of the molecule is CC(C)N1CCCC(O)(C(C)(C)CN)CC1. The molecular weight excluding hydrogens is 200 g/mol. The van der Waals surface area contributed by atoms with Crippen molar-refractivity contribution in [1.82, 2.24) is 4.90 Å². The molecule has 0 aliphatic carbocycles. The van der Waals surface area contributed by atoms with Crippen LogP contribution >= 0.6 is 0 Å². The molecule has 1 rings (SSSR count). The van der Waals surface area contributed by atoms with Gasteiger partial charge in [0, 0.05) is 24.5 Å². The van der Waals surface area contributed by atoms with E-state index in [4.69, 9.17) is 5.73 Å². The molecule has 96 valence electrons. The molecule has 0 saturated carbocycles. The van der Waals surface area contributed by atoms with Gasteiger partial charge in [0.1, 0.15) is 0 Å². The largest absolute Gasteiger partial charge is 0.389 e. The van der Waals surface area contributed by atoms with Crippen LogP contribution in [0.2, 0.25) is 0 Å². The smallest absolute Gasteiger partial charge is 0.0723 e. The van der Waals surface area contributed by atoms with Crippen LogP contribution in [0.25, 0.3) is 0 Å². The predicted octanol–water partition coefficient (Wildman–Crippen LogP) is 1.60. The van der Waals surface area contributed by atoms with Crippen molar-refractivity contribution in [2.45, 2.75) is 58.6 Å². The van der Waals surface area contributed by atoms with Crippen molar-refractivity contribution in [3.05, 3.63) is 0 Å². The Morgan fingerprint density at radius 2 is 1.94 bits per heavy atom. The molecule has 1 atom stereocenters. The Morgan fingerprint density at radius 1 is 1.31 bits per heavy atom. The molecule has 3 heteroatoms. The molecule has 1 unspecified atom stereocenters. The summed E-state index contributed by atoms with van der Waals surface area (Å²) in [5.74, 6) is 0. The summed E-state index contributed by atoms with van der Waals surface area (Å²) < 4.78 is 0. The lowest BCUT2D eigenvalue weighted by molar-refractivity contribution is -0.0733. The Hall–Kier alpha value is -0.120. The van der Waals surface area contributed by atoms with E-state index in [-0.39, 0.29) is 5.41 Å². The van der Waals surface area contributed by atoms with E-state index in [1.54, 1.807) is 0 Å². The van der Waals surface area contributed by atoms with Crippen molar-refractivity contribution in [2.24, 2.45) is 11.1 Å². The molecule has 1 aliphatic heterocycles. The number of rotatable bonds is 3. The summed E-state index contributed by atoms with van der Waals surface area (Å²) in [7, 11) is 0. The number of nitrogens with zero attached hydrogens (tertiary/aromatic N) is 1. The van der Waals surface area contributed by atoms with E-state index in [0.717, 1.165) is 32.4 Å². The highest BCUT2D eigenvalue weighted by atomic mass is 16.3. The van der Waals surface area contributed by atoms with Crippen LogP contribution in [0.15, 0.2) is 0 Å². The molecule has 0 radical (unpaired) electrons. The summed E-state index contributed by atoms with van der Waals surface area (Å²) in [5.41, 5.74) is 5.02. The first-order valence-electron chi connectivity index (χ1n) is 6.49. The summed E-state index contributed by atoms with van der Waals surface area (Å²) in [4.78, 5) is 2.45. The van der Waals surface area contributed by atoms with Gasteiger partial charge in [0.2, 0.25) is 0 Å². The zero-order valence-electron chi connectivity index (χ0n) is 11.3. The summed E-state index contributed by atoms with van der Waals surface area (Å²) in [6.45, 7) is 11.2. The zero-order chi connectivity index (χ0) is 12.4. The molecule has 0 amide bonds. The summed E-state index contributed by atoms with van der Waals surface area (Å²) >= 11 is 0. The van der Waals surface area contributed by atoms with E-state index in [1.807, 2.05) is 0 Å². The van der Waals surface area contributed by atoms with Crippen molar-refractivity contribution < 1.29 is 5.11 Å². The standard InChI is InChI=1S/C13H28N2O/c1-11(2)15-8-5-6-13(16,7-9-15)12(3,4)10-14/h11,16H,5-10,14H2,1-4H3. The molecular formula is C13H28N2O. The van der Waals surface area contributed by atoms with Crippen LogP contribution in [-0.2, 0) is 0 Å². The van der Waals surface area contributed by atoms with Crippen LogP contribution in [0, 0.1) is 5.41 Å². The molecule has 3 N–H and O–H groups in total. The number of aliphatic hydroxyl groups is 1. The lowest BCUT2D eigenvalue weighted by atomic mass is 9.71. The Labute approximate surface area is 100 Å². The second kappa shape index (κ2) is 5.03. The summed E-state index contributed by atoms with van der Waals surface area (Å²) in [5, 5.41) is 10.8. The molecule has 0 aromatic heterocycles. The van der Waals surface area contributed by atoms with Gasteiger partial charge in [-0.15, -0.1) is 0 Å². The fourth-order valence-corrected chi connectivity index (χ4v) is 2.52. The maximum absolute atomic E-state index is 10.8.